The molecule has 0 radical (unpaired) electrons. The first-order chi connectivity index (χ1) is 8.65. The quantitative estimate of drug-likeness (QED) is 0.742. The van der Waals surface area contributed by atoms with E-state index in [-0.39, 0.29) is 11.9 Å². The summed E-state index contributed by atoms with van der Waals surface area (Å²) < 4.78 is 5.30. The van der Waals surface area contributed by atoms with Crippen molar-refractivity contribution in [1.82, 2.24) is 15.5 Å². The third-order valence-corrected chi connectivity index (χ3v) is 2.92. The molecule has 1 unspecified atom stereocenters. The first-order valence-electron chi connectivity index (χ1n) is 6.31. The number of carbonyl (C=O) groups is 1. The zero-order valence-corrected chi connectivity index (χ0v) is 10.8. The van der Waals surface area contributed by atoms with Gasteiger partial charge < -0.3 is 15.4 Å². The number of nitrogens with one attached hydrogen (secondary N) is 3. The van der Waals surface area contributed by atoms with E-state index in [2.05, 4.69) is 34.7 Å². The van der Waals surface area contributed by atoms with Crippen molar-refractivity contribution in [3.8, 4) is 0 Å². The number of morpholine rings is 1. The second-order valence-corrected chi connectivity index (χ2v) is 4.84. The van der Waals surface area contributed by atoms with E-state index < -0.39 is 0 Å². The molecular weight excluding hydrogens is 232 g/mol. The number of ether oxygens (including phenoxy) is 1. The van der Waals surface area contributed by atoms with E-state index in [1.165, 1.54) is 0 Å². The standard InChI is InChI=1S/C12H20N4O2/c1-8(2)10-6-11(16-15-10)14-12(17)5-9-7-18-4-3-13-9/h6,8-9,13H,3-5,7H2,1-2H3,(H2,14,15,16,17). The van der Waals surface area contributed by atoms with E-state index in [1.54, 1.807) is 0 Å². The fourth-order valence-corrected chi connectivity index (χ4v) is 1.86. The highest BCUT2D eigenvalue weighted by molar-refractivity contribution is 5.90. The lowest BCUT2D eigenvalue weighted by Crippen LogP contribution is -2.43. The molecule has 3 N–H and O–H groups in total. The number of hydrogen-bond acceptors (Lipinski definition) is 4. The summed E-state index contributed by atoms with van der Waals surface area (Å²) in [5.74, 6) is 0.914. The summed E-state index contributed by atoms with van der Waals surface area (Å²) in [6.45, 7) is 6.25. The lowest BCUT2D eigenvalue weighted by atomic mass is 10.1. The Hall–Kier alpha value is -1.40. The van der Waals surface area contributed by atoms with Crippen molar-refractivity contribution in [1.29, 1.82) is 0 Å². The Labute approximate surface area is 106 Å². The molecule has 2 heterocycles. The Morgan fingerprint density at radius 3 is 3.11 bits per heavy atom. The zero-order valence-electron chi connectivity index (χ0n) is 10.8. The molecule has 1 aliphatic heterocycles. The Morgan fingerprint density at radius 2 is 2.50 bits per heavy atom. The van der Waals surface area contributed by atoms with Crippen molar-refractivity contribution in [3.63, 3.8) is 0 Å². The van der Waals surface area contributed by atoms with Crippen LogP contribution < -0.4 is 10.6 Å². The Morgan fingerprint density at radius 1 is 1.67 bits per heavy atom. The number of hydrogen-bond donors (Lipinski definition) is 3. The third-order valence-electron chi connectivity index (χ3n) is 2.92. The largest absolute Gasteiger partial charge is 0.378 e. The molecule has 0 aromatic carbocycles. The van der Waals surface area contributed by atoms with Crippen LogP contribution in [-0.4, -0.2) is 41.9 Å². The summed E-state index contributed by atoms with van der Waals surface area (Å²) >= 11 is 0. The minimum Gasteiger partial charge on any atom is -0.378 e. The second-order valence-electron chi connectivity index (χ2n) is 4.84. The second kappa shape index (κ2) is 5.97. The predicted molar refractivity (Wildman–Crippen MR) is 68.5 cm³/mol. The molecule has 2 rings (SSSR count). The van der Waals surface area contributed by atoms with Crippen molar-refractivity contribution in [2.75, 3.05) is 25.1 Å². The first-order valence-corrected chi connectivity index (χ1v) is 6.31. The highest BCUT2D eigenvalue weighted by atomic mass is 16.5. The molecule has 100 valence electrons. The summed E-state index contributed by atoms with van der Waals surface area (Å²) in [5, 5.41) is 13.0. The molecule has 1 amide bonds. The maximum absolute atomic E-state index is 11.8. The number of H-pyrrole nitrogens is 1. The number of carbonyl (C=O) groups excluding carboxylic acids is 1. The average Bonchev–Trinajstić information content (AvgIpc) is 2.78. The van der Waals surface area contributed by atoms with Gasteiger partial charge in [0, 0.05) is 30.8 Å². The monoisotopic (exact) mass is 252 g/mol. The number of nitrogens with zero attached hydrogens (tertiary/aromatic N) is 1. The predicted octanol–water partition coefficient (Wildman–Crippen LogP) is 0.850. The molecule has 1 aromatic heterocycles. The molecule has 18 heavy (non-hydrogen) atoms. The fraction of sp³-hybridized carbons (Fsp3) is 0.667. The van der Waals surface area contributed by atoms with Crippen LogP contribution in [0.3, 0.4) is 0 Å². The lowest BCUT2D eigenvalue weighted by Gasteiger charge is -2.22. The lowest BCUT2D eigenvalue weighted by molar-refractivity contribution is -0.117. The molecule has 1 fully saturated rings. The molecule has 0 bridgehead atoms. The van der Waals surface area contributed by atoms with Gasteiger partial charge in [-0.1, -0.05) is 13.8 Å². The van der Waals surface area contributed by atoms with Crippen LogP contribution in [0.4, 0.5) is 5.82 Å². The van der Waals surface area contributed by atoms with E-state index in [0.29, 0.717) is 24.8 Å². The van der Waals surface area contributed by atoms with Crippen LogP contribution in [0.1, 0.15) is 31.9 Å². The molecule has 1 aliphatic rings. The van der Waals surface area contributed by atoms with Crippen molar-refractivity contribution in [2.24, 2.45) is 0 Å². The van der Waals surface area contributed by atoms with Gasteiger partial charge in [-0.25, -0.2) is 0 Å². The first kappa shape index (κ1) is 13.0. The Kier molecular flexibility index (Phi) is 4.33. The van der Waals surface area contributed by atoms with Crippen LogP contribution in [0.2, 0.25) is 0 Å². The zero-order chi connectivity index (χ0) is 13.0. The molecule has 1 atom stereocenters. The number of amides is 1. The van der Waals surface area contributed by atoms with E-state index in [4.69, 9.17) is 4.74 Å². The van der Waals surface area contributed by atoms with Gasteiger partial charge >= 0.3 is 0 Å². The molecule has 0 spiro atoms. The molecule has 1 aromatic rings. The molecule has 6 heteroatoms. The van der Waals surface area contributed by atoms with Gasteiger partial charge in [-0.2, -0.15) is 5.10 Å². The van der Waals surface area contributed by atoms with Crippen LogP contribution in [0.5, 0.6) is 0 Å². The van der Waals surface area contributed by atoms with E-state index >= 15 is 0 Å². The smallest absolute Gasteiger partial charge is 0.227 e. The summed E-state index contributed by atoms with van der Waals surface area (Å²) in [4.78, 5) is 11.8. The molecule has 0 aliphatic carbocycles. The molecular formula is C12H20N4O2. The molecule has 0 saturated carbocycles. The SMILES string of the molecule is CC(C)c1cc(NC(=O)CC2COCCN2)n[nH]1. The van der Waals surface area contributed by atoms with Gasteiger partial charge in [0.15, 0.2) is 5.82 Å². The van der Waals surface area contributed by atoms with Crippen molar-refractivity contribution >= 4 is 11.7 Å². The fourth-order valence-electron chi connectivity index (χ4n) is 1.86. The minimum absolute atomic E-state index is 0.0418. The van der Waals surface area contributed by atoms with Crippen LogP contribution in [-0.2, 0) is 9.53 Å². The number of rotatable bonds is 4. The summed E-state index contributed by atoms with van der Waals surface area (Å²) in [6.07, 6.45) is 0.407. The maximum atomic E-state index is 11.8. The average molecular weight is 252 g/mol. The highest BCUT2D eigenvalue weighted by Crippen LogP contribution is 2.15. The van der Waals surface area contributed by atoms with Gasteiger partial charge in [-0.15, -0.1) is 0 Å². The van der Waals surface area contributed by atoms with Gasteiger partial charge in [0.25, 0.3) is 0 Å². The van der Waals surface area contributed by atoms with E-state index in [0.717, 1.165) is 18.8 Å². The maximum Gasteiger partial charge on any atom is 0.227 e. The van der Waals surface area contributed by atoms with Crippen LogP contribution in [0.15, 0.2) is 6.07 Å². The van der Waals surface area contributed by atoms with Gasteiger partial charge in [-0.05, 0) is 5.92 Å². The van der Waals surface area contributed by atoms with E-state index in [1.807, 2.05) is 6.07 Å². The van der Waals surface area contributed by atoms with Gasteiger partial charge in [0.1, 0.15) is 0 Å². The minimum atomic E-state index is -0.0418. The van der Waals surface area contributed by atoms with Gasteiger partial charge in [0.2, 0.25) is 5.91 Å². The van der Waals surface area contributed by atoms with Crippen LogP contribution in [0.25, 0.3) is 0 Å². The van der Waals surface area contributed by atoms with Crippen molar-refractivity contribution in [3.05, 3.63) is 11.8 Å². The third kappa shape index (κ3) is 3.54. The van der Waals surface area contributed by atoms with E-state index in [9.17, 15) is 4.79 Å². The van der Waals surface area contributed by atoms with Gasteiger partial charge in [-0.3, -0.25) is 9.89 Å². The van der Waals surface area contributed by atoms with Crippen molar-refractivity contribution in [2.45, 2.75) is 32.2 Å². The Bertz CT molecular complexity index is 397. The summed E-state index contributed by atoms with van der Waals surface area (Å²) in [7, 11) is 0. The summed E-state index contributed by atoms with van der Waals surface area (Å²) in [6, 6.07) is 1.97. The topological polar surface area (TPSA) is 79.0 Å². The van der Waals surface area contributed by atoms with Crippen molar-refractivity contribution < 1.29 is 9.53 Å². The number of aromatic nitrogens is 2. The normalized spacial score (nSPS) is 20.1. The van der Waals surface area contributed by atoms with Crippen LogP contribution >= 0.6 is 0 Å². The number of anilines is 1. The molecule has 1 saturated heterocycles. The van der Waals surface area contributed by atoms with Gasteiger partial charge in [0.05, 0.1) is 13.2 Å². The summed E-state index contributed by atoms with van der Waals surface area (Å²) in [5.41, 5.74) is 1.02. The Balaban J connectivity index is 1.82. The highest BCUT2D eigenvalue weighted by Gasteiger charge is 2.17. The number of aromatic amines is 1. The van der Waals surface area contributed by atoms with Crippen LogP contribution in [0, 0.1) is 0 Å². The molecule has 6 nitrogen and oxygen atoms in total.